The molecule has 0 radical (unpaired) electrons. The lowest BCUT2D eigenvalue weighted by Gasteiger charge is -2.38. The molecule has 112 valence electrons. The Morgan fingerprint density at radius 2 is 1.85 bits per heavy atom. The van der Waals surface area contributed by atoms with Gasteiger partial charge in [0.25, 0.3) is 0 Å². The summed E-state index contributed by atoms with van der Waals surface area (Å²) >= 11 is 0. The molecule has 1 heterocycles. The zero-order chi connectivity index (χ0) is 14.7. The highest BCUT2D eigenvalue weighted by molar-refractivity contribution is 6.16. The first kappa shape index (κ1) is 15.0. The van der Waals surface area contributed by atoms with Crippen molar-refractivity contribution in [2.45, 2.75) is 64.8 Å². The topological polar surface area (TPSA) is 66.5 Å². The van der Waals surface area contributed by atoms with Gasteiger partial charge in [0.05, 0.1) is 0 Å². The number of hydrogen-bond acceptors (Lipinski definition) is 3. The lowest BCUT2D eigenvalue weighted by Crippen LogP contribution is -2.61. The Morgan fingerprint density at radius 3 is 2.55 bits per heavy atom. The summed E-state index contributed by atoms with van der Waals surface area (Å²) in [6.45, 7) is 4.04. The molecule has 4 amide bonds. The number of carbonyl (C=O) groups excluding carboxylic acids is 3. The van der Waals surface area contributed by atoms with Gasteiger partial charge in [-0.15, -0.1) is 0 Å². The van der Waals surface area contributed by atoms with Crippen LogP contribution in [-0.4, -0.2) is 28.8 Å². The number of amides is 4. The van der Waals surface area contributed by atoms with Crippen molar-refractivity contribution in [3.8, 4) is 0 Å². The molecule has 0 bridgehead atoms. The van der Waals surface area contributed by atoms with Crippen LogP contribution in [0.1, 0.15) is 58.8 Å². The first-order valence-corrected chi connectivity index (χ1v) is 7.74. The molecule has 0 spiro atoms. The molecular weight excluding hydrogens is 256 g/mol. The molecule has 1 saturated carbocycles. The SMILES string of the molecule is CCCC1C(=O)NC(=O)N(C2CCCCCC2C)C1=O. The number of urea groups is 1. The van der Waals surface area contributed by atoms with Crippen molar-refractivity contribution in [1.82, 2.24) is 10.2 Å². The Kier molecular flexibility index (Phi) is 4.78. The fraction of sp³-hybridized carbons (Fsp3) is 0.800. The third-order valence-corrected chi connectivity index (χ3v) is 4.53. The van der Waals surface area contributed by atoms with E-state index in [1.165, 1.54) is 4.90 Å². The third kappa shape index (κ3) is 2.86. The first-order valence-electron chi connectivity index (χ1n) is 7.74. The summed E-state index contributed by atoms with van der Waals surface area (Å²) in [6, 6.07) is -0.580. The van der Waals surface area contributed by atoms with Gasteiger partial charge < -0.3 is 0 Å². The Balaban J connectivity index is 2.21. The van der Waals surface area contributed by atoms with Gasteiger partial charge in [-0.05, 0) is 25.2 Å². The summed E-state index contributed by atoms with van der Waals surface area (Å²) in [5.74, 6) is -1.10. The van der Waals surface area contributed by atoms with Crippen molar-refractivity contribution in [2.75, 3.05) is 0 Å². The van der Waals surface area contributed by atoms with Gasteiger partial charge in [-0.25, -0.2) is 4.79 Å². The molecule has 1 saturated heterocycles. The van der Waals surface area contributed by atoms with Gasteiger partial charge >= 0.3 is 6.03 Å². The summed E-state index contributed by atoms with van der Waals surface area (Å²) in [7, 11) is 0. The van der Waals surface area contributed by atoms with E-state index in [-0.39, 0.29) is 11.9 Å². The highest BCUT2D eigenvalue weighted by atomic mass is 16.2. The maximum atomic E-state index is 12.5. The second-order valence-electron chi connectivity index (χ2n) is 6.03. The van der Waals surface area contributed by atoms with Gasteiger partial charge in [0.2, 0.25) is 11.8 Å². The second kappa shape index (κ2) is 6.37. The van der Waals surface area contributed by atoms with Gasteiger partial charge in [-0.1, -0.05) is 39.5 Å². The molecule has 1 N–H and O–H groups in total. The van der Waals surface area contributed by atoms with Crippen molar-refractivity contribution in [3.05, 3.63) is 0 Å². The quantitative estimate of drug-likeness (QED) is 0.638. The van der Waals surface area contributed by atoms with Crippen LogP contribution in [0.5, 0.6) is 0 Å². The van der Waals surface area contributed by atoms with Crippen LogP contribution in [-0.2, 0) is 9.59 Å². The Morgan fingerprint density at radius 1 is 1.15 bits per heavy atom. The van der Waals surface area contributed by atoms with E-state index in [1.807, 2.05) is 6.92 Å². The monoisotopic (exact) mass is 280 g/mol. The fourth-order valence-corrected chi connectivity index (χ4v) is 3.35. The number of nitrogens with zero attached hydrogens (tertiary/aromatic N) is 1. The van der Waals surface area contributed by atoms with Gasteiger partial charge in [0.1, 0.15) is 5.92 Å². The molecular formula is C15H24N2O3. The predicted molar refractivity (Wildman–Crippen MR) is 74.8 cm³/mol. The Hall–Kier alpha value is -1.39. The summed E-state index contributed by atoms with van der Waals surface area (Å²) < 4.78 is 0. The molecule has 2 aliphatic rings. The number of carbonyl (C=O) groups is 3. The van der Waals surface area contributed by atoms with E-state index in [1.54, 1.807) is 0 Å². The van der Waals surface area contributed by atoms with Crippen LogP contribution in [0, 0.1) is 11.8 Å². The Bertz CT molecular complexity index is 408. The Labute approximate surface area is 120 Å². The van der Waals surface area contributed by atoms with Crippen molar-refractivity contribution in [2.24, 2.45) is 11.8 Å². The van der Waals surface area contributed by atoms with E-state index in [0.717, 1.165) is 38.5 Å². The zero-order valence-electron chi connectivity index (χ0n) is 12.4. The highest BCUT2D eigenvalue weighted by Gasteiger charge is 2.44. The lowest BCUT2D eigenvalue weighted by atomic mass is 9.92. The zero-order valence-corrected chi connectivity index (χ0v) is 12.4. The van der Waals surface area contributed by atoms with Crippen LogP contribution >= 0.6 is 0 Å². The number of nitrogens with one attached hydrogen (secondary N) is 1. The minimum absolute atomic E-state index is 0.0579. The van der Waals surface area contributed by atoms with Crippen LogP contribution in [0.25, 0.3) is 0 Å². The van der Waals surface area contributed by atoms with E-state index < -0.39 is 17.9 Å². The molecule has 20 heavy (non-hydrogen) atoms. The summed E-state index contributed by atoms with van der Waals surface area (Å²) in [5.41, 5.74) is 0. The lowest BCUT2D eigenvalue weighted by molar-refractivity contribution is -0.145. The molecule has 0 aromatic heterocycles. The molecule has 1 aliphatic heterocycles. The second-order valence-corrected chi connectivity index (χ2v) is 6.03. The third-order valence-electron chi connectivity index (χ3n) is 4.53. The molecule has 1 aliphatic carbocycles. The molecule has 3 unspecified atom stereocenters. The van der Waals surface area contributed by atoms with E-state index in [2.05, 4.69) is 12.2 Å². The maximum absolute atomic E-state index is 12.5. The molecule has 5 nitrogen and oxygen atoms in total. The van der Waals surface area contributed by atoms with Crippen LogP contribution in [0.15, 0.2) is 0 Å². The maximum Gasteiger partial charge on any atom is 0.331 e. The minimum atomic E-state index is -0.687. The predicted octanol–water partition coefficient (Wildman–Crippen LogP) is 2.45. The van der Waals surface area contributed by atoms with Gasteiger partial charge in [0, 0.05) is 6.04 Å². The molecule has 5 heteroatoms. The highest BCUT2D eigenvalue weighted by Crippen LogP contribution is 2.30. The summed E-state index contributed by atoms with van der Waals surface area (Å²) in [6.07, 6.45) is 6.50. The minimum Gasteiger partial charge on any atom is -0.277 e. The van der Waals surface area contributed by atoms with Crippen LogP contribution in [0.3, 0.4) is 0 Å². The number of barbiturate groups is 1. The molecule has 0 aromatic carbocycles. The van der Waals surface area contributed by atoms with Crippen molar-refractivity contribution in [3.63, 3.8) is 0 Å². The average Bonchev–Trinajstić information content (AvgIpc) is 2.60. The summed E-state index contributed by atoms with van der Waals surface area (Å²) in [4.78, 5) is 37.8. The van der Waals surface area contributed by atoms with E-state index in [4.69, 9.17) is 0 Å². The molecule has 3 atom stereocenters. The van der Waals surface area contributed by atoms with Gasteiger partial charge in [0.15, 0.2) is 0 Å². The van der Waals surface area contributed by atoms with Crippen molar-refractivity contribution < 1.29 is 14.4 Å². The molecule has 2 rings (SSSR count). The first-order chi connectivity index (χ1) is 9.56. The normalized spacial score (nSPS) is 32.0. The van der Waals surface area contributed by atoms with E-state index in [0.29, 0.717) is 12.3 Å². The standard InChI is InChI=1S/C15H24N2O3/c1-3-7-11-13(18)16-15(20)17(14(11)19)12-9-6-4-5-8-10(12)2/h10-12H,3-9H2,1-2H3,(H,16,18,20). The van der Waals surface area contributed by atoms with Gasteiger partial charge in [-0.3, -0.25) is 19.8 Å². The summed E-state index contributed by atoms with van der Waals surface area (Å²) in [5, 5.41) is 2.36. The van der Waals surface area contributed by atoms with Crippen LogP contribution in [0.4, 0.5) is 4.79 Å². The van der Waals surface area contributed by atoms with Gasteiger partial charge in [-0.2, -0.15) is 0 Å². The number of rotatable bonds is 3. The number of imide groups is 2. The van der Waals surface area contributed by atoms with Crippen molar-refractivity contribution >= 4 is 17.8 Å². The van der Waals surface area contributed by atoms with E-state index >= 15 is 0 Å². The van der Waals surface area contributed by atoms with Crippen LogP contribution < -0.4 is 5.32 Å². The van der Waals surface area contributed by atoms with Crippen LogP contribution in [0.2, 0.25) is 0 Å². The smallest absolute Gasteiger partial charge is 0.277 e. The van der Waals surface area contributed by atoms with E-state index in [9.17, 15) is 14.4 Å². The number of hydrogen-bond donors (Lipinski definition) is 1. The molecule has 2 fully saturated rings. The molecule has 0 aromatic rings. The largest absolute Gasteiger partial charge is 0.331 e. The average molecular weight is 280 g/mol. The fourth-order valence-electron chi connectivity index (χ4n) is 3.35. The van der Waals surface area contributed by atoms with Crippen molar-refractivity contribution in [1.29, 1.82) is 0 Å².